The van der Waals surface area contributed by atoms with Crippen molar-refractivity contribution < 1.29 is 0 Å². The summed E-state index contributed by atoms with van der Waals surface area (Å²) >= 11 is 0. The van der Waals surface area contributed by atoms with Gasteiger partial charge in [-0.1, -0.05) is 0 Å². The van der Waals surface area contributed by atoms with E-state index in [2.05, 4.69) is 26.7 Å². The van der Waals surface area contributed by atoms with E-state index >= 15 is 0 Å². The summed E-state index contributed by atoms with van der Waals surface area (Å²) in [4.78, 5) is 15.9. The lowest BCUT2D eigenvalue weighted by molar-refractivity contribution is 1.30. The normalized spacial score (nSPS) is 12.7. The third-order valence-electron chi connectivity index (χ3n) is 1.66. The zero-order valence-corrected chi connectivity index (χ0v) is 8.31. The molecule has 14 heavy (non-hydrogen) atoms. The molecule has 4 nitrogen and oxygen atoms in total. The molecule has 0 amide bonds. The van der Waals surface area contributed by atoms with Crippen LogP contribution in [-0.4, -0.2) is 30.4 Å². The third-order valence-corrected chi connectivity index (χ3v) is 1.66. The first kappa shape index (κ1) is 10.2. The minimum atomic E-state index is 0.543. The summed E-state index contributed by atoms with van der Waals surface area (Å²) in [6.45, 7) is 5.27. The van der Waals surface area contributed by atoms with Gasteiger partial charge in [0.25, 0.3) is 0 Å². The van der Waals surface area contributed by atoms with Crippen molar-refractivity contribution in [2.45, 2.75) is 6.92 Å². The van der Waals surface area contributed by atoms with Crippen LogP contribution >= 0.6 is 0 Å². The molecule has 0 unspecified atom stereocenters. The van der Waals surface area contributed by atoms with Gasteiger partial charge < -0.3 is 0 Å². The number of hydrogen-bond donors (Lipinski definition) is 0. The predicted octanol–water partition coefficient (Wildman–Crippen LogP) is 1.58. The molecule has 0 bridgehead atoms. The van der Waals surface area contributed by atoms with Crippen LogP contribution in [0.15, 0.2) is 39.5 Å². The molecule has 0 saturated heterocycles. The molecule has 0 radical (unpaired) electrons. The van der Waals surface area contributed by atoms with E-state index in [-0.39, 0.29) is 0 Å². The molecule has 1 aromatic rings. The quantitative estimate of drug-likeness (QED) is 0.487. The van der Waals surface area contributed by atoms with E-state index in [0.29, 0.717) is 11.7 Å². The Bertz CT molecular complexity index is 365. The molecular formula is C10H12N4. The Morgan fingerprint density at radius 1 is 1.50 bits per heavy atom. The summed E-state index contributed by atoms with van der Waals surface area (Å²) in [5, 5.41) is 0. The number of aliphatic imine (C=N–C) groups is 3. The highest BCUT2D eigenvalue weighted by atomic mass is 15.0. The summed E-state index contributed by atoms with van der Waals surface area (Å²) in [5.41, 5.74) is 0.838. The second-order valence-corrected chi connectivity index (χ2v) is 2.61. The Morgan fingerprint density at radius 2 is 2.29 bits per heavy atom. The fourth-order valence-electron chi connectivity index (χ4n) is 0.889. The molecule has 0 aliphatic heterocycles. The summed E-state index contributed by atoms with van der Waals surface area (Å²) in [7, 11) is 1.68. The minimum Gasteiger partial charge on any atom is -0.274 e. The minimum absolute atomic E-state index is 0.543. The molecule has 0 fully saturated rings. The molecule has 0 aliphatic carbocycles. The molecule has 0 spiro atoms. The molecular weight excluding hydrogens is 176 g/mol. The first-order valence-electron chi connectivity index (χ1n) is 4.17. The second kappa shape index (κ2) is 5.01. The van der Waals surface area contributed by atoms with Gasteiger partial charge in [-0.2, -0.15) is 0 Å². The van der Waals surface area contributed by atoms with Gasteiger partial charge in [0, 0.05) is 25.0 Å². The monoisotopic (exact) mass is 188 g/mol. The Morgan fingerprint density at radius 3 is 2.79 bits per heavy atom. The van der Waals surface area contributed by atoms with Gasteiger partial charge in [-0.15, -0.1) is 0 Å². The van der Waals surface area contributed by atoms with Crippen LogP contribution in [0.1, 0.15) is 12.5 Å². The van der Waals surface area contributed by atoms with Crippen LogP contribution in [0, 0.1) is 0 Å². The predicted molar refractivity (Wildman–Crippen MR) is 59.4 cm³/mol. The molecule has 0 atom stereocenters. The van der Waals surface area contributed by atoms with Crippen molar-refractivity contribution >= 4 is 18.4 Å². The van der Waals surface area contributed by atoms with Crippen LogP contribution in [0.5, 0.6) is 0 Å². The van der Waals surface area contributed by atoms with Crippen LogP contribution in [0.25, 0.3) is 0 Å². The molecule has 0 saturated carbocycles. The largest absolute Gasteiger partial charge is 0.274 e. The SMILES string of the molecule is C=NC(=NC(C)=NC)c1cccnc1. The number of pyridine rings is 1. The van der Waals surface area contributed by atoms with Gasteiger partial charge in [0.1, 0.15) is 5.84 Å². The fourth-order valence-corrected chi connectivity index (χ4v) is 0.889. The average molecular weight is 188 g/mol. The van der Waals surface area contributed by atoms with Crippen molar-refractivity contribution in [1.82, 2.24) is 4.98 Å². The van der Waals surface area contributed by atoms with E-state index in [1.54, 1.807) is 19.4 Å². The highest BCUT2D eigenvalue weighted by Gasteiger charge is 1.99. The Labute approximate surface area is 83.2 Å². The summed E-state index contributed by atoms with van der Waals surface area (Å²) in [6.07, 6.45) is 3.39. The molecule has 4 heteroatoms. The highest BCUT2D eigenvalue weighted by molar-refractivity contribution is 6.07. The first-order chi connectivity index (χ1) is 6.77. The topological polar surface area (TPSA) is 50.0 Å². The zero-order valence-electron chi connectivity index (χ0n) is 8.31. The van der Waals surface area contributed by atoms with Gasteiger partial charge >= 0.3 is 0 Å². The third kappa shape index (κ3) is 2.58. The van der Waals surface area contributed by atoms with Crippen molar-refractivity contribution in [3.63, 3.8) is 0 Å². The average Bonchev–Trinajstić information content (AvgIpc) is 2.26. The van der Waals surface area contributed by atoms with Gasteiger partial charge in [0.2, 0.25) is 0 Å². The molecule has 0 aliphatic rings. The van der Waals surface area contributed by atoms with Gasteiger partial charge in [-0.25, -0.2) is 9.98 Å². The van der Waals surface area contributed by atoms with E-state index < -0.39 is 0 Å². The highest BCUT2D eigenvalue weighted by Crippen LogP contribution is 2.00. The van der Waals surface area contributed by atoms with Gasteiger partial charge in [0.05, 0.1) is 0 Å². The van der Waals surface area contributed by atoms with Crippen molar-refractivity contribution in [3.05, 3.63) is 30.1 Å². The first-order valence-corrected chi connectivity index (χ1v) is 4.17. The number of amidine groups is 2. The second-order valence-electron chi connectivity index (χ2n) is 2.61. The number of nitrogens with zero attached hydrogens (tertiary/aromatic N) is 4. The zero-order chi connectivity index (χ0) is 10.4. The summed E-state index contributed by atoms with van der Waals surface area (Å²) in [6, 6.07) is 3.71. The van der Waals surface area contributed by atoms with Crippen LogP contribution in [0.4, 0.5) is 0 Å². The smallest absolute Gasteiger partial charge is 0.162 e. The summed E-state index contributed by atoms with van der Waals surface area (Å²) in [5.74, 6) is 1.21. The lowest BCUT2D eigenvalue weighted by atomic mass is 10.2. The van der Waals surface area contributed by atoms with Crippen molar-refractivity contribution in [1.29, 1.82) is 0 Å². The maximum Gasteiger partial charge on any atom is 0.162 e. The van der Waals surface area contributed by atoms with Crippen molar-refractivity contribution in [2.75, 3.05) is 7.05 Å². The Hall–Kier alpha value is -1.84. The van der Waals surface area contributed by atoms with Crippen LogP contribution in [0.2, 0.25) is 0 Å². The van der Waals surface area contributed by atoms with E-state index in [1.165, 1.54) is 0 Å². The lowest BCUT2D eigenvalue weighted by Gasteiger charge is -1.98. The van der Waals surface area contributed by atoms with Crippen LogP contribution in [0.3, 0.4) is 0 Å². The molecule has 72 valence electrons. The lowest BCUT2D eigenvalue weighted by Crippen LogP contribution is -2.00. The Balaban J connectivity index is 3.05. The van der Waals surface area contributed by atoms with Gasteiger partial charge in [-0.05, 0) is 25.8 Å². The maximum atomic E-state index is 4.18. The number of rotatable bonds is 1. The van der Waals surface area contributed by atoms with E-state index in [1.807, 2.05) is 19.1 Å². The molecule has 0 aromatic carbocycles. The Kier molecular flexibility index (Phi) is 3.67. The fraction of sp³-hybridized carbons (Fsp3) is 0.200. The van der Waals surface area contributed by atoms with Gasteiger partial charge in [-0.3, -0.25) is 9.98 Å². The maximum absolute atomic E-state index is 4.18. The standard InChI is InChI=1S/C10H12N4/c1-8(11-2)14-10(12-3)9-5-4-6-13-7-9/h4-7H,3H2,1-2H3. The number of aromatic nitrogens is 1. The van der Waals surface area contributed by atoms with E-state index in [4.69, 9.17) is 0 Å². The van der Waals surface area contributed by atoms with Crippen molar-refractivity contribution in [3.8, 4) is 0 Å². The molecule has 1 heterocycles. The van der Waals surface area contributed by atoms with E-state index in [9.17, 15) is 0 Å². The molecule has 0 N–H and O–H groups in total. The van der Waals surface area contributed by atoms with E-state index in [0.717, 1.165) is 5.56 Å². The van der Waals surface area contributed by atoms with Crippen LogP contribution < -0.4 is 0 Å². The molecule has 1 aromatic heterocycles. The van der Waals surface area contributed by atoms with Gasteiger partial charge in [0.15, 0.2) is 5.84 Å². The summed E-state index contributed by atoms with van der Waals surface area (Å²) < 4.78 is 0. The molecule has 1 rings (SSSR count). The number of hydrogen-bond acceptors (Lipinski definition) is 2. The van der Waals surface area contributed by atoms with Crippen LogP contribution in [-0.2, 0) is 0 Å². The van der Waals surface area contributed by atoms with Crippen molar-refractivity contribution in [2.24, 2.45) is 15.0 Å².